The first-order valence-corrected chi connectivity index (χ1v) is 6.66. The summed E-state index contributed by atoms with van der Waals surface area (Å²) in [5.74, 6) is 0.0292. The maximum atomic E-state index is 9.61. The smallest absolute Gasteiger partial charge is 0.159 e. The number of aliphatic hydroxyl groups excluding tert-OH is 1. The SMILES string of the molecule is CC1OC2CNC(CC3OCCO3)C(CO)C2O1. The van der Waals surface area contributed by atoms with Crippen LogP contribution in [0, 0.1) is 5.92 Å². The molecular weight excluding hydrogens is 238 g/mol. The third-order valence-corrected chi connectivity index (χ3v) is 3.95. The van der Waals surface area contributed by atoms with E-state index in [2.05, 4.69) is 5.32 Å². The average molecular weight is 259 g/mol. The Morgan fingerprint density at radius 2 is 2.00 bits per heavy atom. The van der Waals surface area contributed by atoms with Crippen molar-refractivity contribution in [2.24, 2.45) is 5.92 Å². The molecule has 6 heteroatoms. The number of hydrogen-bond donors (Lipinski definition) is 2. The van der Waals surface area contributed by atoms with Crippen LogP contribution in [0.4, 0.5) is 0 Å². The molecule has 3 saturated heterocycles. The Kier molecular flexibility index (Phi) is 3.83. The Bertz CT molecular complexity index is 284. The van der Waals surface area contributed by atoms with Gasteiger partial charge in [-0.3, -0.25) is 0 Å². The number of ether oxygens (including phenoxy) is 4. The molecule has 104 valence electrons. The fourth-order valence-electron chi connectivity index (χ4n) is 3.09. The fraction of sp³-hybridized carbons (Fsp3) is 1.00. The molecule has 3 aliphatic rings. The second kappa shape index (κ2) is 5.40. The third kappa shape index (κ3) is 2.41. The summed E-state index contributed by atoms with van der Waals surface area (Å²) >= 11 is 0. The Labute approximate surface area is 107 Å². The van der Waals surface area contributed by atoms with Crippen LogP contribution in [0.2, 0.25) is 0 Å². The van der Waals surface area contributed by atoms with Gasteiger partial charge < -0.3 is 29.4 Å². The molecule has 0 aromatic heterocycles. The van der Waals surface area contributed by atoms with E-state index in [0.29, 0.717) is 13.2 Å². The van der Waals surface area contributed by atoms with E-state index in [0.717, 1.165) is 13.0 Å². The van der Waals surface area contributed by atoms with Gasteiger partial charge >= 0.3 is 0 Å². The normalized spacial score (nSPS) is 45.3. The highest BCUT2D eigenvalue weighted by atomic mass is 16.7. The summed E-state index contributed by atoms with van der Waals surface area (Å²) in [6, 6.07) is 0.147. The van der Waals surface area contributed by atoms with Crippen molar-refractivity contribution in [3.05, 3.63) is 0 Å². The maximum absolute atomic E-state index is 9.61. The second-order valence-electron chi connectivity index (χ2n) is 5.11. The van der Waals surface area contributed by atoms with Crippen LogP contribution >= 0.6 is 0 Å². The van der Waals surface area contributed by atoms with Gasteiger partial charge in [-0.05, 0) is 6.92 Å². The maximum Gasteiger partial charge on any atom is 0.159 e. The van der Waals surface area contributed by atoms with E-state index >= 15 is 0 Å². The lowest BCUT2D eigenvalue weighted by Crippen LogP contribution is -2.57. The zero-order valence-corrected chi connectivity index (χ0v) is 10.6. The van der Waals surface area contributed by atoms with Crippen LogP contribution in [0.1, 0.15) is 13.3 Å². The summed E-state index contributed by atoms with van der Waals surface area (Å²) in [6.45, 7) is 4.04. The van der Waals surface area contributed by atoms with Crippen molar-refractivity contribution in [2.75, 3.05) is 26.4 Å². The summed E-state index contributed by atoms with van der Waals surface area (Å²) in [4.78, 5) is 0. The largest absolute Gasteiger partial charge is 0.396 e. The van der Waals surface area contributed by atoms with Crippen molar-refractivity contribution in [2.45, 2.75) is 44.2 Å². The van der Waals surface area contributed by atoms with E-state index in [9.17, 15) is 5.11 Å². The molecule has 3 rings (SSSR count). The van der Waals surface area contributed by atoms with Gasteiger partial charge in [0.25, 0.3) is 0 Å². The zero-order chi connectivity index (χ0) is 12.5. The van der Waals surface area contributed by atoms with E-state index in [1.54, 1.807) is 0 Å². The van der Waals surface area contributed by atoms with Gasteiger partial charge in [0.15, 0.2) is 12.6 Å². The molecule has 0 spiro atoms. The van der Waals surface area contributed by atoms with E-state index < -0.39 is 0 Å². The van der Waals surface area contributed by atoms with Crippen LogP contribution in [-0.4, -0.2) is 62.3 Å². The van der Waals surface area contributed by atoms with Gasteiger partial charge in [0.2, 0.25) is 0 Å². The molecule has 6 nitrogen and oxygen atoms in total. The molecule has 18 heavy (non-hydrogen) atoms. The standard InChI is InChI=1S/C12H21NO5/c1-7-17-10-5-13-9(4-11-15-2-3-16-11)8(6-14)12(10)18-7/h7-14H,2-6H2,1H3. The lowest BCUT2D eigenvalue weighted by molar-refractivity contribution is -0.0802. The highest BCUT2D eigenvalue weighted by Gasteiger charge is 2.46. The van der Waals surface area contributed by atoms with Crippen molar-refractivity contribution < 1.29 is 24.1 Å². The van der Waals surface area contributed by atoms with Crippen LogP contribution in [-0.2, 0) is 18.9 Å². The molecule has 5 unspecified atom stereocenters. The van der Waals surface area contributed by atoms with E-state index in [1.165, 1.54) is 0 Å². The fourth-order valence-corrected chi connectivity index (χ4v) is 3.09. The number of aliphatic hydroxyl groups is 1. The molecule has 0 saturated carbocycles. The lowest BCUT2D eigenvalue weighted by atomic mass is 9.85. The third-order valence-electron chi connectivity index (χ3n) is 3.95. The van der Waals surface area contributed by atoms with Gasteiger partial charge in [-0.1, -0.05) is 0 Å². The van der Waals surface area contributed by atoms with Gasteiger partial charge in [-0.2, -0.15) is 0 Å². The predicted octanol–water partition coefficient (Wildman–Crippen LogP) is -0.540. The first-order chi connectivity index (χ1) is 8.78. The van der Waals surface area contributed by atoms with Crippen LogP contribution in [0.15, 0.2) is 0 Å². The van der Waals surface area contributed by atoms with Gasteiger partial charge in [0.05, 0.1) is 25.4 Å². The number of fused-ring (bicyclic) bond motifs is 1. The highest BCUT2D eigenvalue weighted by molar-refractivity contribution is 4.96. The minimum Gasteiger partial charge on any atom is -0.396 e. The van der Waals surface area contributed by atoms with Crippen LogP contribution in [0.25, 0.3) is 0 Å². The summed E-state index contributed by atoms with van der Waals surface area (Å²) in [7, 11) is 0. The van der Waals surface area contributed by atoms with E-state index in [1.807, 2.05) is 6.92 Å². The second-order valence-corrected chi connectivity index (χ2v) is 5.11. The monoisotopic (exact) mass is 259 g/mol. The quantitative estimate of drug-likeness (QED) is 0.709. The number of rotatable bonds is 3. The molecule has 2 N–H and O–H groups in total. The van der Waals surface area contributed by atoms with Gasteiger partial charge in [0.1, 0.15) is 0 Å². The molecule has 0 aromatic carbocycles. The van der Waals surface area contributed by atoms with E-state index in [4.69, 9.17) is 18.9 Å². The molecular formula is C12H21NO5. The van der Waals surface area contributed by atoms with Crippen molar-refractivity contribution in [1.82, 2.24) is 5.32 Å². The number of nitrogens with one attached hydrogen (secondary N) is 1. The van der Waals surface area contributed by atoms with E-state index in [-0.39, 0.29) is 43.4 Å². The van der Waals surface area contributed by atoms with Gasteiger partial charge in [-0.25, -0.2) is 0 Å². The number of piperidine rings is 1. The molecule has 0 aromatic rings. The summed E-state index contributed by atoms with van der Waals surface area (Å²) in [5, 5.41) is 13.0. The van der Waals surface area contributed by atoms with Crippen LogP contribution in [0.5, 0.6) is 0 Å². The zero-order valence-electron chi connectivity index (χ0n) is 10.6. The van der Waals surface area contributed by atoms with Crippen LogP contribution < -0.4 is 5.32 Å². The first-order valence-electron chi connectivity index (χ1n) is 6.66. The van der Waals surface area contributed by atoms with Crippen molar-refractivity contribution >= 4 is 0 Å². The Balaban J connectivity index is 1.63. The molecule has 5 atom stereocenters. The highest BCUT2D eigenvalue weighted by Crippen LogP contribution is 2.32. The summed E-state index contributed by atoms with van der Waals surface area (Å²) in [5.41, 5.74) is 0. The number of hydrogen-bond acceptors (Lipinski definition) is 6. The molecule has 3 fully saturated rings. The van der Waals surface area contributed by atoms with Crippen molar-refractivity contribution in [3.8, 4) is 0 Å². The summed E-state index contributed by atoms with van der Waals surface area (Å²) < 4.78 is 22.3. The topological polar surface area (TPSA) is 69.2 Å². The van der Waals surface area contributed by atoms with Crippen molar-refractivity contribution in [1.29, 1.82) is 0 Å². The molecule has 0 radical (unpaired) electrons. The first kappa shape index (κ1) is 12.8. The average Bonchev–Trinajstić information content (AvgIpc) is 2.97. The predicted molar refractivity (Wildman–Crippen MR) is 61.9 cm³/mol. The Hall–Kier alpha value is -0.240. The minimum absolute atomic E-state index is 0.0292. The lowest BCUT2D eigenvalue weighted by Gasteiger charge is -2.38. The van der Waals surface area contributed by atoms with Gasteiger partial charge in [-0.15, -0.1) is 0 Å². The molecule has 0 aliphatic carbocycles. The van der Waals surface area contributed by atoms with Crippen molar-refractivity contribution in [3.63, 3.8) is 0 Å². The molecule has 0 bridgehead atoms. The molecule has 3 aliphatic heterocycles. The minimum atomic E-state index is -0.186. The Morgan fingerprint density at radius 3 is 2.72 bits per heavy atom. The van der Waals surface area contributed by atoms with Crippen LogP contribution in [0.3, 0.4) is 0 Å². The molecule has 0 amide bonds. The summed E-state index contributed by atoms with van der Waals surface area (Å²) in [6.07, 6.45) is 0.407. The molecule has 3 heterocycles. The van der Waals surface area contributed by atoms with Gasteiger partial charge in [0, 0.05) is 31.5 Å². The Morgan fingerprint density at radius 1 is 1.22 bits per heavy atom.